The number of halogens is 2. The first-order valence-corrected chi connectivity index (χ1v) is 9.51. The van der Waals surface area contributed by atoms with Crippen LogP contribution in [0, 0.1) is 18.4 Å². The first-order chi connectivity index (χ1) is 13.2. The van der Waals surface area contributed by atoms with Gasteiger partial charge in [0.2, 0.25) is 11.8 Å². The lowest BCUT2D eigenvalue weighted by molar-refractivity contribution is -0.0918. The number of benzene rings is 1. The van der Waals surface area contributed by atoms with Crippen LogP contribution in [0.25, 0.3) is 4.85 Å². The van der Waals surface area contributed by atoms with E-state index in [1.54, 1.807) is 12.1 Å². The lowest BCUT2D eigenvalue weighted by Crippen LogP contribution is -2.46. The van der Waals surface area contributed by atoms with Crippen molar-refractivity contribution in [3.05, 3.63) is 46.0 Å². The van der Waals surface area contributed by atoms with Crippen molar-refractivity contribution < 1.29 is 14.2 Å². The smallest absolute Gasteiger partial charge is 0.245 e. The monoisotopic (exact) mass is 405 g/mol. The molecule has 4 rings (SSSR count). The molecule has 2 aromatic rings. The minimum Gasteiger partial charge on any atom is -0.472 e. The van der Waals surface area contributed by atoms with Gasteiger partial charge in [-0.05, 0) is 25.0 Å². The Morgan fingerprint density at radius 1 is 1.11 bits per heavy atom. The fraction of sp³-hybridized carbons (Fsp3) is 0.421. The molecule has 2 unspecified atom stereocenters. The van der Waals surface area contributed by atoms with Gasteiger partial charge in [0.1, 0.15) is 18.2 Å². The van der Waals surface area contributed by atoms with Gasteiger partial charge in [-0.25, -0.2) is 9.83 Å². The van der Waals surface area contributed by atoms with E-state index in [1.165, 1.54) is 18.8 Å². The van der Waals surface area contributed by atoms with Gasteiger partial charge in [-0.15, -0.1) is 0 Å². The summed E-state index contributed by atoms with van der Waals surface area (Å²) in [6, 6.07) is 4.75. The van der Waals surface area contributed by atoms with Crippen molar-refractivity contribution >= 4 is 28.9 Å². The summed E-state index contributed by atoms with van der Waals surface area (Å²) in [4.78, 5) is 11.6. The number of hydrogen-bond donors (Lipinski definition) is 0. The molecule has 140 valence electrons. The van der Waals surface area contributed by atoms with Crippen LogP contribution < -0.4 is 9.47 Å². The summed E-state index contributed by atoms with van der Waals surface area (Å²) >= 11 is 12.6. The molecule has 2 fully saturated rings. The minimum atomic E-state index is 0.0364. The van der Waals surface area contributed by atoms with Gasteiger partial charge in [0.25, 0.3) is 0 Å². The minimum absolute atomic E-state index is 0.0364. The number of nitrogens with zero attached hydrogens (tertiary/aromatic N) is 3. The Bertz CT molecular complexity index is 865. The number of fused-ring (bicyclic) bond motifs is 2. The van der Waals surface area contributed by atoms with Crippen molar-refractivity contribution in [2.24, 2.45) is 11.8 Å². The molecule has 1 saturated carbocycles. The molecular formula is C19H17Cl2N3O3. The molecule has 8 heteroatoms. The number of ether oxygens (including phenoxy) is 3. The largest absolute Gasteiger partial charge is 0.472 e. The molecule has 1 saturated heterocycles. The topological polar surface area (TPSA) is 57.8 Å². The summed E-state index contributed by atoms with van der Waals surface area (Å²) in [6.45, 7) is 8.44. The summed E-state index contributed by atoms with van der Waals surface area (Å²) in [5.74, 6) is 1.53. The second-order valence-electron chi connectivity index (χ2n) is 6.70. The fourth-order valence-corrected chi connectivity index (χ4v) is 4.04. The second kappa shape index (κ2) is 7.89. The highest BCUT2D eigenvalue weighted by Crippen LogP contribution is 2.40. The highest BCUT2D eigenvalue weighted by Gasteiger charge is 2.39. The molecule has 1 aromatic heterocycles. The average molecular weight is 406 g/mol. The quantitative estimate of drug-likeness (QED) is 0.644. The third-order valence-electron chi connectivity index (χ3n) is 4.97. The Hall–Kier alpha value is -2.07. The molecule has 2 aliphatic rings. The number of hydrogen-bond acceptors (Lipinski definition) is 5. The van der Waals surface area contributed by atoms with Gasteiger partial charge >= 0.3 is 0 Å². The van der Waals surface area contributed by atoms with Crippen molar-refractivity contribution in [2.75, 3.05) is 13.2 Å². The zero-order valence-corrected chi connectivity index (χ0v) is 15.9. The summed E-state index contributed by atoms with van der Waals surface area (Å²) in [6.07, 6.45) is 4.75. The molecule has 0 radical (unpaired) electrons. The van der Waals surface area contributed by atoms with Gasteiger partial charge < -0.3 is 14.2 Å². The molecular weight excluding hydrogens is 389 g/mol. The zero-order valence-electron chi connectivity index (χ0n) is 14.4. The van der Waals surface area contributed by atoms with Crippen LogP contribution in [0.2, 0.25) is 10.0 Å². The van der Waals surface area contributed by atoms with Crippen molar-refractivity contribution in [1.29, 1.82) is 0 Å². The van der Waals surface area contributed by atoms with Crippen molar-refractivity contribution in [3.63, 3.8) is 0 Å². The SMILES string of the molecule is [C-]#[N+]c1ccc(Oc2ncnc(OC3C4CCCC3COC4)c2Cl)c(Cl)c1. The number of aromatic nitrogens is 2. The van der Waals surface area contributed by atoms with E-state index < -0.39 is 0 Å². The van der Waals surface area contributed by atoms with Crippen LogP contribution in [0.4, 0.5) is 5.69 Å². The predicted molar refractivity (Wildman–Crippen MR) is 101 cm³/mol. The molecule has 2 heterocycles. The first kappa shape index (κ1) is 18.3. The van der Waals surface area contributed by atoms with Gasteiger partial charge in [-0.2, -0.15) is 4.98 Å². The highest BCUT2D eigenvalue weighted by molar-refractivity contribution is 6.33. The van der Waals surface area contributed by atoms with Crippen LogP contribution in [0.5, 0.6) is 17.5 Å². The zero-order chi connectivity index (χ0) is 18.8. The molecule has 1 aromatic carbocycles. The van der Waals surface area contributed by atoms with Crippen LogP contribution in [0.1, 0.15) is 19.3 Å². The summed E-state index contributed by atoms with van der Waals surface area (Å²) < 4.78 is 17.6. The first-order valence-electron chi connectivity index (χ1n) is 8.75. The Morgan fingerprint density at radius 2 is 1.85 bits per heavy atom. The van der Waals surface area contributed by atoms with E-state index in [1.807, 2.05) is 0 Å². The molecule has 0 amide bonds. The summed E-state index contributed by atoms with van der Waals surface area (Å²) in [7, 11) is 0. The maximum Gasteiger partial charge on any atom is 0.245 e. The maximum atomic E-state index is 7.03. The summed E-state index contributed by atoms with van der Waals surface area (Å²) in [5.41, 5.74) is 0.427. The fourth-order valence-electron chi connectivity index (χ4n) is 3.64. The second-order valence-corrected chi connectivity index (χ2v) is 7.48. The van der Waals surface area contributed by atoms with Crippen LogP contribution in [-0.2, 0) is 4.74 Å². The molecule has 2 bridgehead atoms. The van der Waals surface area contributed by atoms with Crippen LogP contribution in [0.15, 0.2) is 24.5 Å². The van der Waals surface area contributed by atoms with Gasteiger partial charge in [0.05, 0.1) is 24.8 Å². The molecule has 0 N–H and O–H groups in total. The van der Waals surface area contributed by atoms with Crippen LogP contribution in [-0.4, -0.2) is 29.3 Å². The molecule has 2 atom stereocenters. The van der Waals surface area contributed by atoms with E-state index in [2.05, 4.69) is 14.8 Å². The van der Waals surface area contributed by atoms with Gasteiger partial charge in [0, 0.05) is 11.8 Å². The van der Waals surface area contributed by atoms with E-state index in [4.69, 9.17) is 44.0 Å². The molecule has 0 spiro atoms. The Balaban J connectivity index is 1.55. The van der Waals surface area contributed by atoms with E-state index >= 15 is 0 Å². The van der Waals surface area contributed by atoms with E-state index in [0.717, 1.165) is 12.8 Å². The standard InChI is InChI=1S/C19H17Cl2N3O3/c1-22-13-5-6-15(14(20)7-13)26-18-16(21)19(24-10-23-18)27-17-11-3-2-4-12(17)9-25-8-11/h5-7,10-12,17H,2-4,8-9H2. The van der Waals surface area contributed by atoms with Crippen LogP contribution in [0.3, 0.4) is 0 Å². The Morgan fingerprint density at radius 3 is 2.56 bits per heavy atom. The predicted octanol–water partition coefficient (Wildman–Crippen LogP) is 5.32. The van der Waals surface area contributed by atoms with E-state index in [0.29, 0.717) is 47.4 Å². The molecule has 6 nitrogen and oxygen atoms in total. The molecule has 1 aliphatic carbocycles. The van der Waals surface area contributed by atoms with Gasteiger partial charge in [-0.3, -0.25) is 0 Å². The Kier molecular flexibility index (Phi) is 5.35. The summed E-state index contributed by atoms with van der Waals surface area (Å²) in [5, 5.41) is 0.506. The van der Waals surface area contributed by atoms with E-state index in [9.17, 15) is 0 Å². The third kappa shape index (κ3) is 3.81. The molecule has 1 aliphatic heterocycles. The lowest BCUT2D eigenvalue weighted by Gasteiger charge is -2.41. The van der Waals surface area contributed by atoms with Gasteiger partial charge in [0.15, 0.2) is 10.7 Å². The molecule has 27 heavy (non-hydrogen) atoms. The highest BCUT2D eigenvalue weighted by atomic mass is 35.5. The van der Waals surface area contributed by atoms with Crippen molar-refractivity contribution in [1.82, 2.24) is 9.97 Å². The Labute approximate surface area is 167 Å². The number of rotatable bonds is 4. The van der Waals surface area contributed by atoms with Crippen molar-refractivity contribution in [3.8, 4) is 17.5 Å². The average Bonchev–Trinajstić information content (AvgIpc) is 2.66. The lowest BCUT2D eigenvalue weighted by atomic mass is 9.78. The van der Waals surface area contributed by atoms with Gasteiger partial charge in [-0.1, -0.05) is 35.7 Å². The normalized spacial score (nSPS) is 24.1. The van der Waals surface area contributed by atoms with Crippen LogP contribution >= 0.6 is 23.2 Å². The third-order valence-corrected chi connectivity index (χ3v) is 5.59. The van der Waals surface area contributed by atoms with Crippen molar-refractivity contribution in [2.45, 2.75) is 25.4 Å². The maximum absolute atomic E-state index is 7.03. The van der Waals surface area contributed by atoms with E-state index in [-0.39, 0.29) is 17.0 Å².